The molecule has 0 aliphatic heterocycles. The minimum atomic E-state index is -0.161. The Morgan fingerprint density at radius 2 is 1.96 bits per heavy atom. The van der Waals surface area contributed by atoms with E-state index in [2.05, 4.69) is 27.4 Å². The van der Waals surface area contributed by atoms with Crippen molar-refractivity contribution in [2.24, 2.45) is 0 Å². The Bertz CT molecular complexity index is 667. The van der Waals surface area contributed by atoms with E-state index in [1.165, 1.54) is 5.56 Å². The second-order valence-electron chi connectivity index (χ2n) is 6.43. The zero-order chi connectivity index (χ0) is 16.9. The summed E-state index contributed by atoms with van der Waals surface area (Å²) in [5.41, 5.74) is 2.35. The Balaban J connectivity index is 1.49. The highest BCUT2D eigenvalue weighted by molar-refractivity contribution is 5.37. The molecule has 1 heterocycles. The third-order valence-electron chi connectivity index (χ3n) is 4.50. The van der Waals surface area contributed by atoms with Crippen molar-refractivity contribution in [3.63, 3.8) is 0 Å². The third kappa shape index (κ3) is 4.23. The summed E-state index contributed by atoms with van der Waals surface area (Å²) in [6.45, 7) is 2.79. The molecule has 1 saturated carbocycles. The highest BCUT2D eigenvalue weighted by Gasteiger charge is 2.30. The summed E-state index contributed by atoms with van der Waals surface area (Å²) in [7, 11) is 1.68. The fraction of sp³-hybridized carbons (Fsp3) is 0.474. The van der Waals surface area contributed by atoms with Gasteiger partial charge in [-0.3, -0.25) is 0 Å². The van der Waals surface area contributed by atoms with Gasteiger partial charge in [-0.05, 0) is 50.3 Å². The molecule has 1 aliphatic rings. The first-order valence-corrected chi connectivity index (χ1v) is 8.54. The van der Waals surface area contributed by atoms with Crippen LogP contribution < -0.4 is 10.1 Å². The molecule has 3 rings (SSSR count). The molecule has 24 heavy (non-hydrogen) atoms. The van der Waals surface area contributed by atoms with Crippen molar-refractivity contribution in [1.29, 1.82) is 0 Å². The summed E-state index contributed by atoms with van der Waals surface area (Å²) in [6, 6.07) is 10.2. The van der Waals surface area contributed by atoms with E-state index < -0.39 is 0 Å². The maximum Gasteiger partial charge on any atom is 0.129 e. The zero-order valence-corrected chi connectivity index (χ0v) is 14.3. The van der Waals surface area contributed by atoms with Gasteiger partial charge in [-0.1, -0.05) is 12.1 Å². The van der Waals surface area contributed by atoms with Crippen LogP contribution in [0.2, 0.25) is 0 Å². The normalized spacial score (nSPS) is 19.6. The molecular weight excluding hydrogens is 302 g/mol. The monoisotopic (exact) mass is 327 g/mol. The first-order valence-electron chi connectivity index (χ1n) is 8.54. The molecule has 1 aliphatic carbocycles. The van der Waals surface area contributed by atoms with Gasteiger partial charge in [0.1, 0.15) is 17.4 Å². The molecule has 0 atom stereocenters. The van der Waals surface area contributed by atoms with Crippen LogP contribution in [0.3, 0.4) is 0 Å². The van der Waals surface area contributed by atoms with Crippen LogP contribution in [0.5, 0.6) is 5.75 Å². The van der Waals surface area contributed by atoms with Gasteiger partial charge < -0.3 is 15.2 Å². The zero-order valence-electron chi connectivity index (χ0n) is 14.3. The Hall–Kier alpha value is -2.14. The van der Waals surface area contributed by atoms with Gasteiger partial charge in [0.2, 0.25) is 0 Å². The summed E-state index contributed by atoms with van der Waals surface area (Å²) in [6.07, 6.45) is 3.52. The number of hydrogen-bond acceptors (Lipinski definition) is 5. The summed E-state index contributed by atoms with van der Waals surface area (Å²) in [4.78, 5) is 8.97. The molecule has 0 radical (unpaired) electrons. The predicted octanol–water partition coefficient (Wildman–Crippen LogP) is 3.08. The lowest BCUT2D eigenvalue weighted by Crippen LogP contribution is -2.27. The predicted molar refractivity (Wildman–Crippen MR) is 94.6 cm³/mol. The lowest BCUT2D eigenvalue weighted by atomic mass is 9.80. The molecule has 0 saturated heterocycles. The standard InChI is InChI=1S/C19H25N3O2/c1-13-21-18(15-10-16(23)11-15)12-19(22-13)20-9-3-4-14-5-7-17(24-2)8-6-14/h5-8,12,15-16,23H,3-4,9-11H2,1-2H3,(H,20,21,22). The third-order valence-corrected chi connectivity index (χ3v) is 4.50. The average Bonchev–Trinajstić information content (AvgIpc) is 2.56. The molecule has 5 heteroatoms. The van der Waals surface area contributed by atoms with Crippen molar-refractivity contribution < 1.29 is 9.84 Å². The van der Waals surface area contributed by atoms with Crippen LogP contribution in [0.1, 0.15) is 42.3 Å². The van der Waals surface area contributed by atoms with Crippen molar-refractivity contribution in [3.8, 4) is 5.75 Å². The van der Waals surface area contributed by atoms with E-state index in [1.54, 1.807) is 7.11 Å². The fourth-order valence-corrected chi connectivity index (χ4v) is 3.02. The minimum Gasteiger partial charge on any atom is -0.497 e. The molecule has 128 valence electrons. The molecule has 1 aromatic heterocycles. The lowest BCUT2D eigenvalue weighted by molar-refractivity contribution is 0.0731. The number of aryl methyl sites for hydroxylation is 2. The summed E-state index contributed by atoms with van der Waals surface area (Å²) in [5.74, 6) is 2.93. The molecule has 0 unspecified atom stereocenters. The quantitative estimate of drug-likeness (QED) is 0.765. The number of ether oxygens (including phenoxy) is 1. The number of hydrogen-bond donors (Lipinski definition) is 2. The number of aromatic nitrogens is 2. The second-order valence-corrected chi connectivity index (χ2v) is 6.43. The number of aliphatic hydroxyl groups excluding tert-OH is 1. The fourth-order valence-electron chi connectivity index (χ4n) is 3.02. The van der Waals surface area contributed by atoms with Crippen molar-refractivity contribution in [2.75, 3.05) is 19.0 Å². The van der Waals surface area contributed by atoms with E-state index in [1.807, 2.05) is 25.1 Å². The Morgan fingerprint density at radius 3 is 2.62 bits per heavy atom. The van der Waals surface area contributed by atoms with Crippen molar-refractivity contribution in [1.82, 2.24) is 9.97 Å². The molecular formula is C19H25N3O2. The van der Waals surface area contributed by atoms with Crippen LogP contribution in [0.4, 0.5) is 5.82 Å². The van der Waals surface area contributed by atoms with Gasteiger partial charge in [0.25, 0.3) is 0 Å². The van der Waals surface area contributed by atoms with E-state index in [9.17, 15) is 5.11 Å². The van der Waals surface area contributed by atoms with Crippen LogP contribution in [-0.2, 0) is 6.42 Å². The van der Waals surface area contributed by atoms with Gasteiger partial charge in [0.15, 0.2) is 0 Å². The van der Waals surface area contributed by atoms with Crippen molar-refractivity contribution in [2.45, 2.75) is 44.6 Å². The van der Waals surface area contributed by atoms with Gasteiger partial charge in [0.05, 0.1) is 13.2 Å². The topological polar surface area (TPSA) is 67.3 Å². The highest BCUT2D eigenvalue weighted by Crippen LogP contribution is 2.36. The van der Waals surface area contributed by atoms with Crippen LogP contribution in [-0.4, -0.2) is 34.8 Å². The van der Waals surface area contributed by atoms with Gasteiger partial charge in [-0.2, -0.15) is 0 Å². The number of aliphatic hydroxyl groups is 1. The number of methoxy groups -OCH3 is 1. The molecule has 1 fully saturated rings. The van der Waals surface area contributed by atoms with Crippen molar-refractivity contribution in [3.05, 3.63) is 47.4 Å². The smallest absolute Gasteiger partial charge is 0.129 e. The average molecular weight is 327 g/mol. The maximum atomic E-state index is 9.47. The first-order chi connectivity index (χ1) is 11.6. The number of rotatable bonds is 7. The highest BCUT2D eigenvalue weighted by atomic mass is 16.5. The van der Waals surface area contributed by atoms with E-state index in [0.717, 1.165) is 55.3 Å². The Labute approximate surface area is 143 Å². The summed E-state index contributed by atoms with van der Waals surface area (Å²) >= 11 is 0. The molecule has 1 aromatic carbocycles. The van der Waals surface area contributed by atoms with Gasteiger partial charge in [-0.15, -0.1) is 0 Å². The SMILES string of the molecule is COc1ccc(CCCNc2cc(C3CC(O)C3)nc(C)n2)cc1. The molecule has 0 bridgehead atoms. The van der Waals surface area contributed by atoms with E-state index >= 15 is 0 Å². The van der Waals surface area contributed by atoms with Gasteiger partial charge >= 0.3 is 0 Å². The maximum absolute atomic E-state index is 9.47. The van der Waals surface area contributed by atoms with Crippen LogP contribution >= 0.6 is 0 Å². The van der Waals surface area contributed by atoms with E-state index in [-0.39, 0.29) is 6.10 Å². The Kier molecular flexibility index (Phi) is 5.30. The number of anilines is 1. The number of benzene rings is 1. The Morgan fingerprint density at radius 1 is 1.21 bits per heavy atom. The molecule has 2 N–H and O–H groups in total. The largest absolute Gasteiger partial charge is 0.497 e. The lowest BCUT2D eigenvalue weighted by Gasteiger charge is -2.31. The van der Waals surface area contributed by atoms with Crippen LogP contribution in [0.25, 0.3) is 0 Å². The van der Waals surface area contributed by atoms with Crippen LogP contribution in [0.15, 0.2) is 30.3 Å². The molecule has 0 spiro atoms. The molecule has 0 amide bonds. The van der Waals surface area contributed by atoms with E-state index in [0.29, 0.717) is 5.92 Å². The number of nitrogens with zero attached hydrogens (tertiary/aromatic N) is 2. The summed E-state index contributed by atoms with van der Waals surface area (Å²) in [5, 5.41) is 12.9. The first kappa shape index (κ1) is 16.7. The molecule has 2 aromatic rings. The number of nitrogens with one attached hydrogen (secondary N) is 1. The minimum absolute atomic E-state index is 0.161. The van der Waals surface area contributed by atoms with Crippen LogP contribution in [0, 0.1) is 6.92 Å². The van der Waals surface area contributed by atoms with Crippen molar-refractivity contribution >= 4 is 5.82 Å². The molecule has 5 nitrogen and oxygen atoms in total. The van der Waals surface area contributed by atoms with E-state index in [4.69, 9.17) is 4.74 Å². The second kappa shape index (κ2) is 7.62. The van der Waals surface area contributed by atoms with Gasteiger partial charge in [-0.25, -0.2) is 9.97 Å². The summed E-state index contributed by atoms with van der Waals surface area (Å²) < 4.78 is 5.17. The van der Waals surface area contributed by atoms with Gasteiger partial charge in [0, 0.05) is 24.2 Å².